The smallest absolute Gasteiger partial charge is 0.322 e. The van der Waals surface area contributed by atoms with Crippen molar-refractivity contribution in [2.75, 3.05) is 5.73 Å². The standard InChI is InChI=1S/C7H6N6O2S2/c1-3-4(13(14)15)5(11-6(8)10-3)17-7-12-9-2-16-7/h2H,1H3,(H2,8,10,11). The topological polar surface area (TPSA) is 121 Å². The first-order valence-electron chi connectivity index (χ1n) is 4.30. The lowest BCUT2D eigenvalue weighted by Gasteiger charge is -2.02. The zero-order valence-electron chi connectivity index (χ0n) is 8.52. The fraction of sp³-hybridized carbons (Fsp3) is 0.143. The molecular formula is C7H6N6O2S2. The molecule has 17 heavy (non-hydrogen) atoms. The maximum Gasteiger partial charge on any atom is 0.322 e. The van der Waals surface area contributed by atoms with E-state index in [0.29, 0.717) is 4.34 Å². The third-order valence-corrected chi connectivity index (χ3v) is 3.51. The zero-order chi connectivity index (χ0) is 12.4. The molecule has 2 N–H and O–H groups in total. The van der Waals surface area contributed by atoms with Gasteiger partial charge in [-0.05, 0) is 18.7 Å². The van der Waals surface area contributed by atoms with Crippen LogP contribution in [0.25, 0.3) is 0 Å². The summed E-state index contributed by atoms with van der Waals surface area (Å²) in [6.45, 7) is 1.51. The molecule has 0 saturated heterocycles. The van der Waals surface area contributed by atoms with Gasteiger partial charge in [-0.15, -0.1) is 10.2 Å². The van der Waals surface area contributed by atoms with Crippen LogP contribution < -0.4 is 5.73 Å². The van der Waals surface area contributed by atoms with Crippen molar-refractivity contribution in [2.45, 2.75) is 16.3 Å². The summed E-state index contributed by atoms with van der Waals surface area (Å²) in [4.78, 5) is 18.0. The van der Waals surface area contributed by atoms with Crippen LogP contribution >= 0.6 is 23.1 Å². The quantitative estimate of drug-likeness (QED) is 0.503. The van der Waals surface area contributed by atoms with Gasteiger partial charge in [-0.25, -0.2) is 4.98 Å². The van der Waals surface area contributed by atoms with Crippen molar-refractivity contribution in [2.24, 2.45) is 0 Å². The maximum absolute atomic E-state index is 10.9. The SMILES string of the molecule is Cc1nc(N)nc(Sc2nncs2)c1[N+](=O)[O-]. The predicted molar refractivity (Wildman–Crippen MR) is 61.9 cm³/mol. The Balaban J connectivity index is 2.47. The number of aromatic nitrogens is 4. The number of nitrogens with two attached hydrogens (primary N) is 1. The number of rotatable bonds is 3. The van der Waals surface area contributed by atoms with Crippen LogP contribution in [0.3, 0.4) is 0 Å². The summed E-state index contributed by atoms with van der Waals surface area (Å²) in [5, 5.41) is 18.5. The lowest BCUT2D eigenvalue weighted by Crippen LogP contribution is -2.03. The van der Waals surface area contributed by atoms with Gasteiger partial charge in [0.1, 0.15) is 11.2 Å². The highest BCUT2D eigenvalue weighted by Gasteiger charge is 2.23. The molecule has 0 saturated carbocycles. The van der Waals surface area contributed by atoms with Gasteiger partial charge >= 0.3 is 5.69 Å². The highest BCUT2D eigenvalue weighted by molar-refractivity contribution is 8.01. The summed E-state index contributed by atoms with van der Waals surface area (Å²) in [7, 11) is 0. The second kappa shape index (κ2) is 4.59. The van der Waals surface area contributed by atoms with Gasteiger partial charge in [-0.2, -0.15) is 4.98 Å². The Hall–Kier alpha value is -1.81. The van der Waals surface area contributed by atoms with Crippen molar-refractivity contribution in [1.82, 2.24) is 20.2 Å². The third-order valence-electron chi connectivity index (χ3n) is 1.75. The number of aryl methyl sites for hydroxylation is 1. The van der Waals surface area contributed by atoms with E-state index in [-0.39, 0.29) is 22.4 Å². The van der Waals surface area contributed by atoms with E-state index in [1.165, 1.54) is 23.8 Å². The number of nitrogens with zero attached hydrogens (tertiary/aromatic N) is 5. The molecule has 10 heteroatoms. The largest absolute Gasteiger partial charge is 0.368 e. The van der Waals surface area contributed by atoms with Crippen LogP contribution in [-0.4, -0.2) is 25.1 Å². The fourth-order valence-corrected chi connectivity index (χ4v) is 2.68. The van der Waals surface area contributed by atoms with Gasteiger partial charge in [-0.3, -0.25) is 10.1 Å². The van der Waals surface area contributed by atoms with Crippen LogP contribution in [0.15, 0.2) is 14.9 Å². The molecule has 0 amide bonds. The van der Waals surface area contributed by atoms with Crippen LogP contribution in [0.2, 0.25) is 0 Å². The molecule has 8 nitrogen and oxygen atoms in total. The van der Waals surface area contributed by atoms with E-state index >= 15 is 0 Å². The first-order valence-corrected chi connectivity index (χ1v) is 6.00. The summed E-state index contributed by atoms with van der Waals surface area (Å²) in [6.07, 6.45) is 0. The lowest BCUT2D eigenvalue weighted by molar-refractivity contribution is -0.389. The van der Waals surface area contributed by atoms with Crippen molar-refractivity contribution in [3.05, 3.63) is 21.3 Å². The first kappa shape index (κ1) is 11.7. The highest BCUT2D eigenvalue weighted by Crippen LogP contribution is 2.35. The lowest BCUT2D eigenvalue weighted by atomic mass is 10.4. The minimum absolute atomic E-state index is 0.000107. The molecule has 0 aromatic carbocycles. The molecule has 0 unspecified atom stereocenters. The van der Waals surface area contributed by atoms with Gasteiger partial charge in [0.15, 0.2) is 9.37 Å². The van der Waals surface area contributed by atoms with Crippen molar-refractivity contribution in [3.8, 4) is 0 Å². The van der Waals surface area contributed by atoms with Crippen molar-refractivity contribution in [1.29, 1.82) is 0 Å². The minimum Gasteiger partial charge on any atom is -0.368 e. The minimum atomic E-state index is -0.530. The molecule has 2 rings (SSSR count). The molecule has 0 aliphatic carbocycles. The Morgan fingerprint density at radius 2 is 2.29 bits per heavy atom. The summed E-state index contributed by atoms with van der Waals surface area (Å²) >= 11 is 2.32. The number of hydrogen-bond donors (Lipinski definition) is 1. The molecule has 0 aliphatic rings. The Morgan fingerprint density at radius 1 is 1.53 bits per heavy atom. The van der Waals surface area contributed by atoms with E-state index in [4.69, 9.17) is 5.73 Å². The second-order valence-electron chi connectivity index (χ2n) is 2.88. The third kappa shape index (κ3) is 2.47. The summed E-state index contributed by atoms with van der Waals surface area (Å²) in [5.41, 5.74) is 7.08. The zero-order valence-corrected chi connectivity index (χ0v) is 10.2. The Morgan fingerprint density at radius 3 is 2.88 bits per heavy atom. The number of anilines is 1. The number of nitrogen functional groups attached to an aromatic ring is 1. The van der Waals surface area contributed by atoms with Gasteiger partial charge in [0.05, 0.1) is 4.92 Å². The van der Waals surface area contributed by atoms with E-state index in [0.717, 1.165) is 11.8 Å². The van der Waals surface area contributed by atoms with Gasteiger partial charge in [0, 0.05) is 0 Å². The number of hydrogen-bond acceptors (Lipinski definition) is 9. The molecular weight excluding hydrogens is 264 g/mol. The van der Waals surface area contributed by atoms with Crippen molar-refractivity contribution < 1.29 is 4.92 Å². The Labute approximate surface area is 103 Å². The summed E-state index contributed by atoms with van der Waals surface area (Å²) in [5.74, 6) is 0.000107. The van der Waals surface area contributed by atoms with Crippen LogP contribution in [0.4, 0.5) is 11.6 Å². The molecule has 0 atom stereocenters. The van der Waals surface area contributed by atoms with Gasteiger partial charge in [0.25, 0.3) is 0 Å². The van der Waals surface area contributed by atoms with Crippen LogP contribution in [-0.2, 0) is 0 Å². The molecule has 2 heterocycles. The molecule has 0 bridgehead atoms. The monoisotopic (exact) mass is 270 g/mol. The van der Waals surface area contributed by atoms with Gasteiger partial charge in [-0.1, -0.05) is 11.3 Å². The fourth-order valence-electron chi connectivity index (χ4n) is 1.13. The van der Waals surface area contributed by atoms with Crippen molar-refractivity contribution in [3.63, 3.8) is 0 Å². The van der Waals surface area contributed by atoms with Crippen molar-refractivity contribution >= 4 is 34.7 Å². The normalized spacial score (nSPS) is 10.4. The molecule has 2 aromatic rings. The Kier molecular flexibility index (Phi) is 3.15. The van der Waals surface area contributed by atoms with E-state index in [1.54, 1.807) is 0 Å². The van der Waals surface area contributed by atoms with E-state index in [1.807, 2.05) is 0 Å². The average molecular weight is 270 g/mol. The maximum atomic E-state index is 10.9. The van der Waals surface area contributed by atoms with E-state index in [2.05, 4.69) is 20.2 Å². The van der Waals surface area contributed by atoms with Crippen LogP contribution in [0, 0.1) is 17.0 Å². The summed E-state index contributed by atoms with van der Waals surface area (Å²) < 4.78 is 0.561. The molecule has 0 aliphatic heterocycles. The number of nitro groups is 1. The van der Waals surface area contributed by atoms with Gasteiger partial charge < -0.3 is 5.73 Å². The predicted octanol–water partition coefficient (Wildman–Crippen LogP) is 1.28. The first-order chi connectivity index (χ1) is 8.08. The molecule has 0 spiro atoms. The van der Waals surface area contributed by atoms with E-state index in [9.17, 15) is 10.1 Å². The molecule has 0 radical (unpaired) electrons. The van der Waals surface area contributed by atoms with E-state index < -0.39 is 4.92 Å². The molecule has 2 aromatic heterocycles. The molecule has 88 valence electrons. The van der Waals surface area contributed by atoms with Crippen LogP contribution in [0.1, 0.15) is 5.69 Å². The second-order valence-corrected chi connectivity index (χ2v) is 4.95. The Bertz CT molecular complexity index is 558. The van der Waals surface area contributed by atoms with Crippen LogP contribution in [0.5, 0.6) is 0 Å². The molecule has 0 fully saturated rings. The average Bonchev–Trinajstić information content (AvgIpc) is 2.68. The summed E-state index contributed by atoms with van der Waals surface area (Å²) in [6, 6.07) is 0. The van der Waals surface area contributed by atoms with Gasteiger partial charge in [0.2, 0.25) is 5.95 Å². The highest BCUT2D eigenvalue weighted by atomic mass is 32.2.